The van der Waals surface area contributed by atoms with Crippen molar-refractivity contribution in [1.29, 1.82) is 0 Å². The summed E-state index contributed by atoms with van der Waals surface area (Å²) in [7, 11) is 0. The van der Waals surface area contributed by atoms with Gasteiger partial charge in [0.25, 0.3) is 0 Å². The van der Waals surface area contributed by atoms with Crippen LogP contribution in [0.3, 0.4) is 0 Å². The molecule has 0 amide bonds. The fourth-order valence-corrected chi connectivity index (χ4v) is 3.64. The standard InChI is InChI=1S/C15H23N3/c1-2-10-18(9-1)15-5-11-17(12-6-15)13-14-3-7-16-8-4-14/h3-4,7-8,15H,1-2,5-6,9-13H2/p+2. The smallest absolute Gasteiger partial charge is 0.103 e. The predicted octanol–water partition coefficient (Wildman–Crippen LogP) is -0.692. The van der Waals surface area contributed by atoms with Gasteiger partial charge in [0.05, 0.1) is 32.2 Å². The second kappa shape index (κ2) is 5.81. The van der Waals surface area contributed by atoms with E-state index in [0.29, 0.717) is 0 Å². The van der Waals surface area contributed by atoms with Crippen molar-refractivity contribution in [3.05, 3.63) is 30.1 Å². The summed E-state index contributed by atoms with van der Waals surface area (Å²) in [4.78, 5) is 7.75. The van der Waals surface area contributed by atoms with Crippen molar-refractivity contribution in [3.8, 4) is 0 Å². The Hall–Kier alpha value is -0.930. The largest absolute Gasteiger partial charge is 0.332 e. The van der Waals surface area contributed by atoms with Crippen molar-refractivity contribution in [3.63, 3.8) is 0 Å². The molecule has 0 aliphatic carbocycles. The highest BCUT2D eigenvalue weighted by Gasteiger charge is 2.31. The maximum atomic E-state index is 4.09. The van der Waals surface area contributed by atoms with Gasteiger partial charge in [0.2, 0.25) is 0 Å². The molecular weight excluding hydrogens is 222 g/mol. The van der Waals surface area contributed by atoms with Crippen molar-refractivity contribution in [2.24, 2.45) is 0 Å². The van der Waals surface area contributed by atoms with Gasteiger partial charge >= 0.3 is 0 Å². The van der Waals surface area contributed by atoms with Gasteiger partial charge in [-0.3, -0.25) is 4.98 Å². The van der Waals surface area contributed by atoms with Crippen molar-refractivity contribution in [2.75, 3.05) is 26.2 Å². The molecule has 0 atom stereocenters. The maximum Gasteiger partial charge on any atom is 0.103 e. The highest BCUT2D eigenvalue weighted by atomic mass is 15.2. The summed E-state index contributed by atoms with van der Waals surface area (Å²) in [5, 5.41) is 0. The van der Waals surface area contributed by atoms with Gasteiger partial charge < -0.3 is 9.80 Å². The van der Waals surface area contributed by atoms with E-state index in [9.17, 15) is 0 Å². The summed E-state index contributed by atoms with van der Waals surface area (Å²) < 4.78 is 0. The normalized spacial score (nSPS) is 29.6. The van der Waals surface area contributed by atoms with E-state index in [4.69, 9.17) is 0 Å². The Balaban J connectivity index is 1.48. The molecule has 18 heavy (non-hydrogen) atoms. The van der Waals surface area contributed by atoms with E-state index in [1.54, 1.807) is 4.90 Å². The molecule has 0 aromatic carbocycles. The van der Waals surface area contributed by atoms with Gasteiger partial charge in [-0.1, -0.05) is 0 Å². The van der Waals surface area contributed by atoms with Crippen molar-refractivity contribution in [1.82, 2.24) is 4.98 Å². The third kappa shape index (κ3) is 2.90. The number of likely N-dealkylation sites (tertiary alicyclic amines) is 2. The Morgan fingerprint density at radius 1 is 1.00 bits per heavy atom. The number of nitrogens with zero attached hydrogens (tertiary/aromatic N) is 1. The van der Waals surface area contributed by atoms with Crippen LogP contribution >= 0.6 is 0 Å². The topological polar surface area (TPSA) is 21.8 Å². The minimum Gasteiger partial charge on any atom is -0.332 e. The summed E-state index contributed by atoms with van der Waals surface area (Å²) in [5.41, 5.74) is 1.44. The number of nitrogens with one attached hydrogen (secondary N) is 2. The number of hydrogen-bond donors (Lipinski definition) is 2. The molecule has 2 N–H and O–H groups in total. The average Bonchev–Trinajstić information content (AvgIpc) is 2.95. The number of pyridine rings is 1. The van der Waals surface area contributed by atoms with Crippen LogP contribution in [0.5, 0.6) is 0 Å². The zero-order valence-corrected chi connectivity index (χ0v) is 11.2. The van der Waals surface area contributed by atoms with Crippen LogP contribution in [0.15, 0.2) is 24.5 Å². The van der Waals surface area contributed by atoms with E-state index in [2.05, 4.69) is 17.1 Å². The second-order valence-electron chi connectivity index (χ2n) is 5.92. The number of aromatic nitrogens is 1. The lowest BCUT2D eigenvalue weighted by atomic mass is 10.0. The third-order valence-electron chi connectivity index (χ3n) is 4.72. The molecule has 98 valence electrons. The first-order valence-corrected chi connectivity index (χ1v) is 7.49. The van der Waals surface area contributed by atoms with Crippen LogP contribution in [-0.4, -0.2) is 37.2 Å². The van der Waals surface area contributed by atoms with Gasteiger partial charge in [0.1, 0.15) is 6.54 Å². The monoisotopic (exact) mass is 247 g/mol. The number of rotatable bonds is 3. The van der Waals surface area contributed by atoms with Crippen LogP contribution in [0.4, 0.5) is 0 Å². The molecular formula is C15H25N3+2. The lowest BCUT2D eigenvalue weighted by Gasteiger charge is -2.32. The minimum absolute atomic E-state index is 0.966. The molecule has 3 heterocycles. The van der Waals surface area contributed by atoms with E-state index in [1.807, 2.05) is 17.3 Å². The van der Waals surface area contributed by atoms with E-state index in [0.717, 1.165) is 6.04 Å². The Labute approximate surface area is 110 Å². The lowest BCUT2D eigenvalue weighted by molar-refractivity contribution is -0.957. The van der Waals surface area contributed by atoms with Gasteiger partial charge in [-0.25, -0.2) is 0 Å². The SMILES string of the molecule is c1cc(C[NH+]2CCC([NH+]3CCCC3)CC2)ccn1. The molecule has 1 aromatic heterocycles. The summed E-state index contributed by atoms with van der Waals surface area (Å²) in [6.07, 6.45) is 9.59. The molecule has 0 unspecified atom stereocenters. The second-order valence-corrected chi connectivity index (χ2v) is 5.92. The first kappa shape index (κ1) is 12.1. The van der Waals surface area contributed by atoms with Crippen LogP contribution in [0.25, 0.3) is 0 Å². The summed E-state index contributed by atoms with van der Waals surface area (Å²) >= 11 is 0. The Bertz CT molecular complexity index is 351. The fraction of sp³-hybridized carbons (Fsp3) is 0.667. The summed E-state index contributed by atoms with van der Waals surface area (Å²) in [6, 6.07) is 5.28. The van der Waals surface area contributed by atoms with Crippen molar-refractivity contribution in [2.45, 2.75) is 38.3 Å². The molecule has 3 rings (SSSR count). The zero-order valence-electron chi connectivity index (χ0n) is 11.2. The van der Waals surface area contributed by atoms with E-state index >= 15 is 0 Å². The molecule has 0 spiro atoms. The summed E-state index contributed by atoms with van der Waals surface area (Å²) in [5.74, 6) is 0. The molecule has 2 saturated heterocycles. The number of quaternary nitrogens is 2. The Morgan fingerprint density at radius 2 is 1.67 bits per heavy atom. The van der Waals surface area contributed by atoms with Crippen LogP contribution in [0.1, 0.15) is 31.2 Å². The first-order chi connectivity index (χ1) is 8.92. The third-order valence-corrected chi connectivity index (χ3v) is 4.72. The molecule has 1 aromatic rings. The molecule has 3 nitrogen and oxygen atoms in total. The van der Waals surface area contributed by atoms with Gasteiger partial charge in [0.15, 0.2) is 0 Å². The lowest BCUT2D eigenvalue weighted by Crippen LogP contribution is -3.19. The highest BCUT2D eigenvalue weighted by molar-refractivity contribution is 5.07. The van der Waals surface area contributed by atoms with E-state index in [-0.39, 0.29) is 0 Å². The first-order valence-electron chi connectivity index (χ1n) is 7.49. The molecule has 3 heteroatoms. The van der Waals surface area contributed by atoms with Gasteiger partial charge in [-0.05, 0) is 12.1 Å². The molecule has 0 saturated carbocycles. The van der Waals surface area contributed by atoms with Crippen molar-refractivity contribution >= 4 is 0 Å². The fourth-order valence-electron chi connectivity index (χ4n) is 3.64. The van der Waals surface area contributed by atoms with Gasteiger partial charge in [0, 0.05) is 43.6 Å². The number of hydrogen-bond acceptors (Lipinski definition) is 1. The maximum absolute atomic E-state index is 4.09. The quantitative estimate of drug-likeness (QED) is 0.725. The molecule has 0 radical (unpaired) electrons. The molecule has 2 aliphatic heterocycles. The van der Waals surface area contributed by atoms with Gasteiger partial charge in [-0.15, -0.1) is 0 Å². The van der Waals surface area contributed by atoms with E-state index in [1.165, 1.54) is 64.0 Å². The van der Waals surface area contributed by atoms with Crippen LogP contribution in [0.2, 0.25) is 0 Å². The molecule has 2 fully saturated rings. The Kier molecular flexibility index (Phi) is 3.91. The Morgan fingerprint density at radius 3 is 2.33 bits per heavy atom. The van der Waals surface area contributed by atoms with Gasteiger partial charge in [-0.2, -0.15) is 0 Å². The molecule has 0 bridgehead atoms. The summed E-state index contributed by atoms with van der Waals surface area (Å²) in [6.45, 7) is 6.77. The zero-order chi connectivity index (χ0) is 12.2. The van der Waals surface area contributed by atoms with Crippen LogP contribution in [0, 0.1) is 0 Å². The number of piperidine rings is 1. The highest BCUT2D eigenvalue weighted by Crippen LogP contribution is 2.01. The predicted molar refractivity (Wildman–Crippen MR) is 71.6 cm³/mol. The average molecular weight is 247 g/mol. The van der Waals surface area contributed by atoms with Crippen molar-refractivity contribution < 1.29 is 9.80 Å². The minimum atomic E-state index is 0.966. The van der Waals surface area contributed by atoms with Crippen LogP contribution < -0.4 is 9.80 Å². The molecule has 2 aliphatic rings. The van der Waals surface area contributed by atoms with E-state index < -0.39 is 0 Å². The van der Waals surface area contributed by atoms with Crippen LogP contribution in [-0.2, 0) is 6.54 Å².